The molecule has 0 radical (unpaired) electrons. The van der Waals surface area contributed by atoms with Crippen LogP contribution in [0.1, 0.15) is 85.0 Å². The molecule has 3 aliphatic carbocycles. The van der Waals surface area contributed by atoms with Gasteiger partial charge in [0.05, 0.1) is 30.1 Å². The van der Waals surface area contributed by atoms with Crippen molar-refractivity contribution in [2.24, 2.45) is 29.1 Å². The number of nitrogens with zero attached hydrogens (tertiary/aromatic N) is 3. The van der Waals surface area contributed by atoms with E-state index in [2.05, 4.69) is 23.9 Å². The minimum Gasteiger partial charge on any atom is -0.444 e. The largest absolute Gasteiger partial charge is 0.444 e. The van der Waals surface area contributed by atoms with Gasteiger partial charge in [-0.05, 0) is 81.5 Å². The summed E-state index contributed by atoms with van der Waals surface area (Å²) in [7, 11) is 0. The van der Waals surface area contributed by atoms with Crippen molar-refractivity contribution in [1.82, 2.24) is 14.8 Å². The lowest BCUT2D eigenvalue weighted by Crippen LogP contribution is -2.52. The smallest absolute Gasteiger partial charge is 0.229 e. The van der Waals surface area contributed by atoms with Gasteiger partial charge in [0.1, 0.15) is 11.9 Å². The molecule has 0 spiro atoms. The lowest BCUT2D eigenvalue weighted by Gasteiger charge is -2.54. The Balaban J connectivity index is 1.31. The van der Waals surface area contributed by atoms with Crippen molar-refractivity contribution < 1.29 is 18.7 Å². The van der Waals surface area contributed by atoms with Gasteiger partial charge in [-0.2, -0.15) is 5.10 Å². The SMILES string of the molecule is CCC[C@@H]1[C@@H](C2(F)CCC(C)(O)CC2)CC[C@]2(C)[C@@H](C(=O)Cn3cc(-c4ncco4)cn3)CC[C@@H]12. The van der Waals surface area contributed by atoms with E-state index in [-0.39, 0.29) is 29.6 Å². The zero-order valence-corrected chi connectivity index (χ0v) is 21.4. The second-order valence-electron chi connectivity index (χ2n) is 12.1. The molecule has 7 heteroatoms. The van der Waals surface area contributed by atoms with Gasteiger partial charge >= 0.3 is 0 Å². The normalized spacial score (nSPS) is 39.5. The van der Waals surface area contributed by atoms with Gasteiger partial charge in [-0.1, -0.05) is 26.7 Å². The standard InChI is InChI=1S/C28H40FN3O3/c1-4-5-20-21-6-7-23(24(33)18-32-17-19(16-31-32)25-30-14-15-35-25)27(21,3)9-8-22(20)28(29)12-10-26(2,34)11-13-28/h14-17,20-23,34H,4-13,18H2,1-3H3/t20-,21-,22-,23+,26?,27-,28?/m0/s1. The van der Waals surface area contributed by atoms with Gasteiger partial charge < -0.3 is 9.52 Å². The van der Waals surface area contributed by atoms with E-state index in [1.165, 1.54) is 6.26 Å². The van der Waals surface area contributed by atoms with Crippen LogP contribution in [-0.4, -0.2) is 36.9 Å². The fourth-order valence-corrected chi connectivity index (χ4v) is 7.97. The third-order valence-corrected chi connectivity index (χ3v) is 9.90. The minimum absolute atomic E-state index is 0.00940. The number of carbonyl (C=O) groups excluding carboxylic acids is 1. The van der Waals surface area contributed by atoms with Crippen molar-refractivity contribution in [3.05, 3.63) is 24.9 Å². The van der Waals surface area contributed by atoms with E-state index in [4.69, 9.17) is 4.42 Å². The van der Waals surface area contributed by atoms with Crippen LogP contribution in [0.3, 0.4) is 0 Å². The molecule has 192 valence electrons. The first-order valence-corrected chi connectivity index (χ1v) is 13.5. The van der Waals surface area contributed by atoms with Crippen LogP contribution in [0.4, 0.5) is 4.39 Å². The maximum atomic E-state index is 16.4. The average molecular weight is 486 g/mol. The summed E-state index contributed by atoms with van der Waals surface area (Å²) in [6.07, 6.45) is 14.3. The molecule has 35 heavy (non-hydrogen) atoms. The number of hydrogen-bond donors (Lipinski definition) is 1. The van der Waals surface area contributed by atoms with Crippen molar-refractivity contribution in [2.45, 2.75) is 103 Å². The van der Waals surface area contributed by atoms with Gasteiger partial charge in [0.25, 0.3) is 0 Å². The number of oxazole rings is 1. The molecule has 0 bridgehead atoms. The molecule has 6 nitrogen and oxygen atoms in total. The number of aliphatic hydroxyl groups is 1. The van der Waals surface area contributed by atoms with Crippen LogP contribution < -0.4 is 0 Å². The number of halogens is 1. The molecule has 2 heterocycles. The summed E-state index contributed by atoms with van der Waals surface area (Å²) in [6.45, 7) is 6.58. The van der Waals surface area contributed by atoms with E-state index in [1.807, 2.05) is 13.1 Å². The number of fused-ring (bicyclic) bond motifs is 1. The van der Waals surface area contributed by atoms with Crippen LogP contribution in [0, 0.1) is 29.1 Å². The van der Waals surface area contributed by atoms with Gasteiger partial charge in [0.15, 0.2) is 5.78 Å². The highest BCUT2D eigenvalue weighted by Gasteiger charge is 2.59. The Morgan fingerprint density at radius 3 is 2.63 bits per heavy atom. The molecule has 0 aliphatic heterocycles. The van der Waals surface area contributed by atoms with Crippen LogP contribution in [0.5, 0.6) is 0 Å². The first-order valence-electron chi connectivity index (χ1n) is 13.5. The van der Waals surface area contributed by atoms with Crippen molar-refractivity contribution >= 4 is 5.78 Å². The van der Waals surface area contributed by atoms with E-state index in [0.29, 0.717) is 43.4 Å². The maximum absolute atomic E-state index is 16.4. The summed E-state index contributed by atoms with van der Waals surface area (Å²) < 4.78 is 23.5. The first-order chi connectivity index (χ1) is 16.7. The maximum Gasteiger partial charge on any atom is 0.229 e. The second kappa shape index (κ2) is 9.13. The van der Waals surface area contributed by atoms with Gasteiger partial charge in [-0.15, -0.1) is 0 Å². The van der Waals surface area contributed by atoms with E-state index in [9.17, 15) is 9.90 Å². The topological polar surface area (TPSA) is 81.1 Å². The van der Waals surface area contributed by atoms with Gasteiger partial charge in [0, 0.05) is 12.1 Å². The summed E-state index contributed by atoms with van der Waals surface area (Å²) in [5.74, 6) is 1.46. The predicted molar refractivity (Wildman–Crippen MR) is 131 cm³/mol. The number of alkyl halides is 1. The number of aromatic nitrogens is 3. The molecule has 0 amide bonds. The number of ketones is 1. The zero-order valence-electron chi connectivity index (χ0n) is 21.4. The molecule has 0 unspecified atom stereocenters. The molecule has 2 aromatic heterocycles. The Bertz CT molecular complexity index is 1020. The van der Waals surface area contributed by atoms with Crippen molar-refractivity contribution in [1.29, 1.82) is 0 Å². The van der Waals surface area contributed by atoms with E-state index >= 15 is 4.39 Å². The van der Waals surface area contributed by atoms with Gasteiger partial charge in [-0.25, -0.2) is 9.37 Å². The summed E-state index contributed by atoms with van der Waals surface area (Å²) in [6, 6.07) is 0. The van der Waals surface area contributed by atoms with E-state index < -0.39 is 11.3 Å². The summed E-state index contributed by atoms with van der Waals surface area (Å²) in [5.41, 5.74) is -1.23. The monoisotopic (exact) mass is 485 g/mol. The average Bonchev–Trinajstić information content (AvgIpc) is 3.56. The molecule has 3 saturated carbocycles. The lowest BCUT2D eigenvalue weighted by molar-refractivity contribution is -0.133. The van der Waals surface area contributed by atoms with Crippen molar-refractivity contribution in [2.75, 3.05) is 0 Å². The minimum atomic E-state index is -1.18. The summed E-state index contributed by atoms with van der Waals surface area (Å²) >= 11 is 0. The van der Waals surface area contributed by atoms with Crippen molar-refractivity contribution in [3.8, 4) is 11.5 Å². The number of Topliss-reactive ketones (excluding diaryl/α,β-unsaturated/α-hetero) is 1. The third kappa shape index (κ3) is 4.49. The Morgan fingerprint density at radius 1 is 1.17 bits per heavy atom. The number of carbonyl (C=O) groups is 1. The van der Waals surface area contributed by atoms with Crippen LogP contribution in [0.25, 0.3) is 11.5 Å². The van der Waals surface area contributed by atoms with Crippen molar-refractivity contribution in [3.63, 3.8) is 0 Å². The fraction of sp³-hybridized carbons (Fsp3) is 0.750. The van der Waals surface area contributed by atoms with Crippen LogP contribution >= 0.6 is 0 Å². The molecule has 0 aromatic carbocycles. The highest BCUT2D eigenvalue weighted by molar-refractivity contribution is 5.82. The van der Waals surface area contributed by atoms with E-state index in [0.717, 1.165) is 44.1 Å². The quantitative estimate of drug-likeness (QED) is 0.520. The Morgan fingerprint density at radius 2 is 1.94 bits per heavy atom. The fourth-order valence-electron chi connectivity index (χ4n) is 7.97. The molecular weight excluding hydrogens is 445 g/mol. The molecule has 3 aliphatic rings. The summed E-state index contributed by atoms with van der Waals surface area (Å²) in [5, 5.41) is 14.8. The van der Waals surface area contributed by atoms with Gasteiger partial charge in [-0.3, -0.25) is 9.48 Å². The highest BCUT2D eigenvalue weighted by Crippen LogP contribution is 2.63. The van der Waals surface area contributed by atoms with Gasteiger partial charge in [0.2, 0.25) is 5.89 Å². The van der Waals surface area contributed by atoms with Crippen LogP contribution in [-0.2, 0) is 11.3 Å². The summed E-state index contributed by atoms with van der Waals surface area (Å²) in [4.78, 5) is 17.7. The molecule has 2 aromatic rings. The van der Waals surface area contributed by atoms with E-state index in [1.54, 1.807) is 17.1 Å². The molecule has 1 N–H and O–H groups in total. The van der Waals surface area contributed by atoms with Crippen LogP contribution in [0.2, 0.25) is 0 Å². The zero-order chi connectivity index (χ0) is 24.8. The number of rotatable bonds is 7. The Kier molecular flexibility index (Phi) is 6.43. The highest BCUT2D eigenvalue weighted by atomic mass is 19.1. The number of hydrogen-bond acceptors (Lipinski definition) is 5. The molecule has 0 saturated heterocycles. The van der Waals surface area contributed by atoms with Crippen LogP contribution in [0.15, 0.2) is 29.3 Å². The molecule has 5 rings (SSSR count). The predicted octanol–water partition coefficient (Wildman–Crippen LogP) is 6.00. The Hall–Kier alpha value is -2.02. The molecular formula is C28H40FN3O3. The first kappa shape index (κ1) is 24.7. The third-order valence-electron chi connectivity index (χ3n) is 9.90. The lowest BCUT2D eigenvalue weighted by atomic mass is 9.52. The molecule has 3 fully saturated rings. The molecule has 5 atom stereocenters. The Labute approximate surface area is 207 Å². The second-order valence-corrected chi connectivity index (χ2v) is 12.1.